The monoisotopic (exact) mass is 242 g/mol. The van der Waals surface area contributed by atoms with E-state index in [0.717, 1.165) is 6.42 Å². The predicted octanol–water partition coefficient (Wildman–Crippen LogP) is 1.88. The molecule has 0 spiro atoms. The second-order valence-electron chi connectivity index (χ2n) is 6.13. The van der Waals surface area contributed by atoms with Gasteiger partial charge in [0.05, 0.1) is 6.10 Å². The Kier molecular flexibility index (Phi) is 4.80. The van der Waals surface area contributed by atoms with Crippen LogP contribution >= 0.6 is 0 Å². The summed E-state index contributed by atoms with van der Waals surface area (Å²) in [5.74, 6) is 0.665. The summed E-state index contributed by atoms with van der Waals surface area (Å²) in [7, 11) is 0. The highest BCUT2D eigenvalue weighted by atomic mass is 16.3. The zero-order valence-electron chi connectivity index (χ0n) is 11.4. The van der Waals surface area contributed by atoms with Crippen LogP contribution in [0.3, 0.4) is 0 Å². The lowest BCUT2D eigenvalue weighted by molar-refractivity contribution is 0.0649. The molecule has 3 atom stereocenters. The molecule has 1 aliphatic rings. The Hall–Kier alpha value is -0.770. The van der Waals surface area contributed by atoms with Crippen LogP contribution in [0.15, 0.2) is 0 Å². The van der Waals surface area contributed by atoms with Crippen LogP contribution in [0.2, 0.25) is 0 Å². The quantitative estimate of drug-likeness (QED) is 0.689. The molecule has 2 amide bonds. The zero-order valence-corrected chi connectivity index (χ0v) is 11.4. The Morgan fingerprint density at radius 1 is 1.47 bits per heavy atom. The lowest BCUT2D eigenvalue weighted by Crippen LogP contribution is -2.44. The summed E-state index contributed by atoms with van der Waals surface area (Å²) in [5.41, 5.74) is -0.197. The Morgan fingerprint density at radius 3 is 2.65 bits per heavy atom. The number of rotatable bonds is 5. The highest BCUT2D eigenvalue weighted by Crippen LogP contribution is 2.34. The summed E-state index contributed by atoms with van der Waals surface area (Å²) >= 11 is 0. The molecule has 0 aliphatic heterocycles. The van der Waals surface area contributed by atoms with Gasteiger partial charge in [0.15, 0.2) is 0 Å². The Morgan fingerprint density at radius 2 is 2.12 bits per heavy atom. The van der Waals surface area contributed by atoms with Crippen molar-refractivity contribution in [3.05, 3.63) is 0 Å². The molecule has 17 heavy (non-hydrogen) atoms. The van der Waals surface area contributed by atoms with E-state index in [4.69, 9.17) is 0 Å². The van der Waals surface area contributed by atoms with Crippen LogP contribution in [0.1, 0.15) is 47.0 Å². The van der Waals surface area contributed by atoms with Crippen LogP contribution in [0.4, 0.5) is 4.79 Å². The number of amides is 2. The first-order valence-electron chi connectivity index (χ1n) is 6.57. The molecule has 1 saturated carbocycles. The number of hydrogen-bond acceptors (Lipinski definition) is 2. The maximum atomic E-state index is 11.5. The first-order chi connectivity index (χ1) is 7.84. The number of urea groups is 1. The van der Waals surface area contributed by atoms with Gasteiger partial charge in [0, 0.05) is 12.6 Å². The predicted molar refractivity (Wildman–Crippen MR) is 68.8 cm³/mol. The summed E-state index contributed by atoms with van der Waals surface area (Å²) in [6.07, 6.45) is 2.95. The largest absolute Gasteiger partial charge is 0.391 e. The molecule has 0 radical (unpaired) electrons. The minimum Gasteiger partial charge on any atom is -0.391 e. The second-order valence-corrected chi connectivity index (χ2v) is 6.13. The van der Waals surface area contributed by atoms with Crippen molar-refractivity contribution in [3.8, 4) is 0 Å². The average molecular weight is 242 g/mol. The van der Waals surface area contributed by atoms with E-state index in [1.807, 2.05) is 20.8 Å². The van der Waals surface area contributed by atoms with Gasteiger partial charge in [-0.15, -0.1) is 0 Å². The van der Waals surface area contributed by atoms with Gasteiger partial charge in [-0.05, 0) is 24.2 Å². The topological polar surface area (TPSA) is 61.4 Å². The first-order valence-corrected chi connectivity index (χ1v) is 6.57. The van der Waals surface area contributed by atoms with Crippen LogP contribution < -0.4 is 10.6 Å². The third-order valence-corrected chi connectivity index (χ3v) is 3.35. The van der Waals surface area contributed by atoms with Gasteiger partial charge in [-0.1, -0.05) is 34.1 Å². The molecule has 0 aromatic heterocycles. The fraction of sp³-hybridized carbons (Fsp3) is 0.923. The van der Waals surface area contributed by atoms with Crippen molar-refractivity contribution in [3.63, 3.8) is 0 Å². The first kappa shape index (κ1) is 14.3. The highest BCUT2D eigenvalue weighted by Gasteiger charge is 2.37. The minimum absolute atomic E-state index is 0.156. The molecule has 0 saturated heterocycles. The highest BCUT2D eigenvalue weighted by molar-refractivity contribution is 5.74. The van der Waals surface area contributed by atoms with E-state index in [0.29, 0.717) is 18.5 Å². The van der Waals surface area contributed by atoms with Crippen molar-refractivity contribution in [1.82, 2.24) is 10.6 Å². The standard InChI is InChI=1S/C13H26N2O2/c1-5-6-9-7-10(9)15-12(17)14-8-11(16)13(2,3)4/h9-11,16H,5-8H2,1-4H3,(H2,14,15,17). The van der Waals surface area contributed by atoms with Crippen LogP contribution in [0, 0.1) is 11.3 Å². The molecule has 1 rings (SSSR count). The van der Waals surface area contributed by atoms with Crippen LogP contribution in [-0.4, -0.2) is 29.8 Å². The Balaban J connectivity index is 2.15. The van der Waals surface area contributed by atoms with Crippen molar-refractivity contribution < 1.29 is 9.90 Å². The van der Waals surface area contributed by atoms with E-state index in [-0.39, 0.29) is 11.4 Å². The van der Waals surface area contributed by atoms with E-state index in [1.54, 1.807) is 0 Å². The lowest BCUT2D eigenvalue weighted by Gasteiger charge is -2.25. The summed E-state index contributed by atoms with van der Waals surface area (Å²) in [6.45, 7) is 8.33. The van der Waals surface area contributed by atoms with Crippen LogP contribution in [0.25, 0.3) is 0 Å². The molecule has 0 heterocycles. The lowest BCUT2D eigenvalue weighted by atomic mass is 9.89. The van der Waals surface area contributed by atoms with Gasteiger partial charge in [-0.2, -0.15) is 0 Å². The molecular weight excluding hydrogens is 216 g/mol. The van der Waals surface area contributed by atoms with Crippen molar-refractivity contribution in [2.45, 2.75) is 59.1 Å². The number of carbonyl (C=O) groups is 1. The molecule has 4 nitrogen and oxygen atoms in total. The maximum absolute atomic E-state index is 11.5. The molecule has 100 valence electrons. The van der Waals surface area contributed by atoms with Gasteiger partial charge in [-0.25, -0.2) is 4.79 Å². The molecule has 3 N–H and O–H groups in total. The van der Waals surface area contributed by atoms with Gasteiger partial charge < -0.3 is 15.7 Å². The summed E-state index contributed by atoms with van der Waals surface area (Å²) in [4.78, 5) is 11.5. The molecule has 0 aromatic rings. The van der Waals surface area contributed by atoms with Gasteiger partial charge in [0.25, 0.3) is 0 Å². The van der Waals surface area contributed by atoms with E-state index < -0.39 is 6.10 Å². The molecule has 0 aromatic carbocycles. The molecule has 4 heteroatoms. The smallest absolute Gasteiger partial charge is 0.315 e. The van der Waals surface area contributed by atoms with Gasteiger partial charge in [0.2, 0.25) is 0 Å². The number of aliphatic hydroxyl groups excluding tert-OH is 1. The molecular formula is C13H26N2O2. The third-order valence-electron chi connectivity index (χ3n) is 3.35. The van der Waals surface area contributed by atoms with E-state index in [2.05, 4.69) is 17.6 Å². The third kappa shape index (κ3) is 4.94. The maximum Gasteiger partial charge on any atom is 0.315 e. The SMILES string of the molecule is CCCC1CC1NC(=O)NCC(O)C(C)(C)C. The fourth-order valence-corrected chi connectivity index (χ4v) is 1.83. The van der Waals surface area contributed by atoms with Gasteiger partial charge >= 0.3 is 6.03 Å². The number of aliphatic hydroxyl groups is 1. The van der Waals surface area contributed by atoms with E-state index >= 15 is 0 Å². The fourth-order valence-electron chi connectivity index (χ4n) is 1.83. The summed E-state index contributed by atoms with van der Waals surface area (Å²) in [6, 6.07) is 0.193. The normalized spacial score (nSPS) is 25.2. The average Bonchev–Trinajstić information content (AvgIpc) is 2.92. The van der Waals surface area contributed by atoms with Gasteiger partial charge in [-0.3, -0.25) is 0 Å². The molecule has 3 unspecified atom stereocenters. The molecule has 1 fully saturated rings. The van der Waals surface area contributed by atoms with E-state index in [9.17, 15) is 9.90 Å². The number of nitrogens with one attached hydrogen (secondary N) is 2. The van der Waals surface area contributed by atoms with Crippen molar-refractivity contribution >= 4 is 6.03 Å². The minimum atomic E-state index is -0.515. The van der Waals surface area contributed by atoms with Crippen molar-refractivity contribution in [2.24, 2.45) is 11.3 Å². The van der Waals surface area contributed by atoms with Gasteiger partial charge in [0.1, 0.15) is 0 Å². The Bertz CT molecular complexity index is 261. The summed E-state index contributed by atoms with van der Waals surface area (Å²) in [5, 5.41) is 15.4. The van der Waals surface area contributed by atoms with Crippen molar-refractivity contribution in [2.75, 3.05) is 6.54 Å². The van der Waals surface area contributed by atoms with Crippen LogP contribution in [0.5, 0.6) is 0 Å². The molecule has 0 bridgehead atoms. The zero-order chi connectivity index (χ0) is 13.1. The number of carbonyl (C=O) groups excluding carboxylic acids is 1. The summed E-state index contributed by atoms with van der Waals surface area (Å²) < 4.78 is 0. The second kappa shape index (κ2) is 5.71. The van der Waals surface area contributed by atoms with E-state index in [1.165, 1.54) is 12.8 Å². The Labute approximate surface area is 104 Å². The van der Waals surface area contributed by atoms with Crippen LogP contribution in [-0.2, 0) is 0 Å². The number of hydrogen-bond donors (Lipinski definition) is 3. The van der Waals surface area contributed by atoms with Crippen molar-refractivity contribution in [1.29, 1.82) is 0 Å². The molecule has 1 aliphatic carbocycles.